The maximum absolute atomic E-state index is 10.9. The first kappa shape index (κ1) is 15.6. The van der Waals surface area contributed by atoms with Crippen LogP contribution in [-0.4, -0.2) is 38.1 Å². The Morgan fingerprint density at radius 2 is 2.14 bits per heavy atom. The van der Waals surface area contributed by atoms with E-state index >= 15 is 0 Å². The van der Waals surface area contributed by atoms with Crippen LogP contribution in [0, 0.1) is 12.8 Å². The highest BCUT2D eigenvalue weighted by Gasteiger charge is 2.39. The first-order valence-electron chi connectivity index (χ1n) is 6.62. The summed E-state index contributed by atoms with van der Waals surface area (Å²) in [5.74, 6) is -2.38. The van der Waals surface area contributed by atoms with Crippen LogP contribution in [0.3, 0.4) is 0 Å². The van der Waals surface area contributed by atoms with Gasteiger partial charge in [-0.3, -0.25) is 4.79 Å². The van der Waals surface area contributed by atoms with Crippen LogP contribution in [0.15, 0.2) is 17.8 Å². The highest BCUT2D eigenvalue weighted by molar-refractivity contribution is 6.07. The molecule has 1 fully saturated rings. The number of allylic oxidation sites excluding steroid dienone is 1. The summed E-state index contributed by atoms with van der Waals surface area (Å²) >= 11 is 0. The number of carboxylic acid groups (broad SMARTS) is 1. The van der Waals surface area contributed by atoms with Crippen molar-refractivity contribution in [1.82, 2.24) is 9.97 Å². The maximum Gasteiger partial charge on any atom is 0.358 e. The van der Waals surface area contributed by atoms with E-state index in [0.29, 0.717) is 11.4 Å². The molecular formula is C14H14N2O6. The second kappa shape index (κ2) is 6.33. The number of aromatic carboxylic acids is 1. The number of hydrogen-bond acceptors (Lipinski definition) is 7. The average molecular weight is 306 g/mol. The van der Waals surface area contributed by atoms with Crippen LogP contribution < -0.4 is 0 Å². The zero-order valence-electron chi connectivity index (χ0n) is 11.8. The van der Waals surface area contributed by atoms with Gasteiger partial charge in [0.2, 0.25) is 0 Å². The van der Waals surface area contributed by atoms with Crippen molar-refractivity contribution in [3.63, 3.8) is 0 Å². The van der Waals surface area contributed by atoms with Crippen LogP contribution in [0.2, 0.25) is 0 Å². The topological polar surface area (TPSA) is 127 Å². The van der Waals surface area contributed by atoms with Crippen molar-refractivity contribution in [1.29, 1.82) is 0 Å². The van der Waals surface area contributed by atoms with Gasteiger partial charge in [-0.2, -0.15) is 0 Å². The minimum absolute atomic E-state index is 0.240. The Bertz CT molecular complexity index is 667. The van der Waals surface area contributed by atoms with E-state index in [2.05, 4.69) is 14.7 Å². The fraction of sp³-hybridized carbons (Fsp3) is 0.357. The summed E-state index contributed by atoms with van der Waals surface area (Å²) in [5, 5.41) is 17.3. The lowest BCUT2D eigenvalue weighted by atomic mass is 9.90. The number of carbonyl (C=O) groups excluding carboxylic acids is 2. The van der Waals surface area contributed by atoms with Crippen molar-refractivity contribution in [3.8, 4) is 5.75 Å². The molecule has 8 nitrogen and oxygen atoms in total. The van der Waals surface area contributed by atoms with Crippen LogP contribution in [-0.2, 0) is 14.3 Å². The van der Waals surface area contributed by atoms with Crippen molar-refractivity contribution in [2.45, 2.75) is 26.2 Å². The summed E-state index contributed by atoms with van der Waals surface area (Å²) in [6, 6.07) is 0. The zero-order chi connectivity index (χ0) is 16.3. The van der Waals surface area contributed by atoms with Gasteiger partial charge in [-0.1, -0.05) is 6.08 Å². The van der Waals surface area contributed by atoms with Gasteiger partial charge in [-0.15, -0.1) is 0 Å². The number of esters is 2. The Labute approximate surface area is 125 Å². The Kier molecular flexibility index (Phi) is 4.50. The second-order valence-electron chi connectivity index (χ2n) is 4.81. The normalized spacial score (nSPS) is 19.5. The molecule has 1 atom stereocenters. The van der Waals surface area contributed by atoms with Crippen LogP contribution in [0.5, 0.6) is 5.75 Å². The fourth-order valence-electron chi connectivity index (χ4n) is 2.19. The van der Waals surface area contributed by atoms with Gasteiger partial charge in [-0.05, 0) is 26.2 Å². The second-order valence-corrected chi connectivity index (χ2v) is 4.81. The van der Waals surface area contributed by atoms with E-state index in [1.165, 1.54) is 0 Å². The Balaban J connectivity index is 0.000000160. The first-order valence-corrected chi connectivity index (χ1v) is 6.62. The van der Waals surface area contributed by atoms with Gasteiger partial charge in [0.15, 0.2) is 11.4 Å². The summed E-state index contributed by atoms with van der Waals surface area (Å²) in [6.45, 7) is 1.55. The van der Waals surface area contributed by atoms with Crippen molar-refractivity contribution in [3.05, 3.63) is 29.4 Å². The highest BCUT2D eigenvalue weighted by Crippen LogP contribution is 2.31. The predicted molar refractivity (Wildman–Crippen MR) is 71.9 cm³/mol. The van der Waals surface area contributed by atoms with Crippen molar-refractivity contribution >= 4 is 17.9 Å². The number of aromatic hydroxyl groups is 1. The van der Waals surface area contributed by atoms with E-state index in [1.807, 2.05) is 6.08 Å². The number of fused-ring (bicyclic) bond motifs is 1. The number of hydrogen-bond donors (Lipinski definition) is 2. The molecule has 1 aromatic rings. The molecule has 0 spiro atoms. The average Bonchev–Trinajstić information content (AvgIpc) is 2.78. The number of aryl methyl sites for hydroxylation is 1. The van der Waals surface area contributed by atoms with Gasteiger partial charge >= 0.3 is 17.9 Å². The summed E-state index contributed by atoms with van der Waals surface area (Å²) in [7, 11) is 0. The van der Waals surface area contributed by atoms with E-state index in [9.17, 15) is 14.4 Å². The van der Waals surface area contributed by atoms with Crippen molar-refractivity contribution in [2.75, 3.05) is 0 Å². The largest absolute Gasteiger partial charge is 0.504 e. The molecule has 3 rings (SSSR count). The molecule has 1 aromatic heterocycles. The van der Waals surface area contributed by atoms with E-state index < -0.39 is 17.7 Å². The van der Waals surface area contributed by atoms with Crippen molar-refractivity contribution in [2.24, 2.45) is 5.92 Å². The minimum Gasteiger partial charge on any atom is -0.504 e. The van der Waals surface area contributed by atoms with Gasteiger partial charge in [0, 0.05) is 5.57 Å². The van der Waals surface area contributed by atoms with E-state index in [4.69, 9.17) is 10.2 Å². The number of carboxylic acids is 1. The summed E-state index contributed by atoms with van der Waals surface area (Å²) in [5.41, 5.74) is 0.221. The molecule has 0 aromatic carbocycles. The molecule has 1 unspecified atom stereocenters. The Morgan fingerprint density at radius 1 is 1.41 bits per heavy atom. The molecule has 0 radical (unpaired) electrons. The molecule has 1 aliphatic carbocycles. The predicted octanol–water partition coefficient (Wildman–Crippen LogP) is 0.985. The van der Waals surface area contributed by atoms with E-state index in [1.54, 1.807) is 6.92 Å². The molecular weight excluding hydrogens is 292 g/mol. The SMILES string of the molecule is Cc1ncc(O)c(C(=O)O)n1.O=C1OC(=O)C2CCCC=C12. The number of rotatable bonds is 1. The smallest absolute Gasteiger partial charge is 0.358 e. The third-order valence-corrected chi connectivity index (χ3v) is 3.24. The van der Waals surface area contributed by atoms with Gasteiger partial charge in [0.25, 0.3) is 0 Å². The van der Waals surface area contributed by atoms with Gasteiger partial charge in [0.1, 0.15) is 5.82 Å². The Morgan fingerprint density at radius 3 is 2.73 bits per heavy atom. The standard InChI is InChI=1S/C8H8O3.C6H6N2O3/c9-7-5-3-1-2-4-6(5)8(10)11-7;1-3-7-2-4(9)5(8-3)6(10)11/h3,6H,1-2,4H2;2,9H,1H3,(H,10,11). The molecule has 22 heavy (non-hydrogen) atoms. The summed E-state index contributed by atoms with van der Waals surface area (Å²) in [4.78, 5) is 39.3. The van der Waals surface area contributed by atoms with Gasteiger partial charge in [0.05, 0.1) is 12.1 Å². The van der Waals surface area contributed by atoms with Gasteiger partial charge < -0.3 is 14.9 Å². The fourth-order valence-corrected chi connectivity index (χ4v) is 2.19. The van der Waals surface area contributed by atoms with Crippen LogP contribution in [0.25, 0.3) is 0 Å². The summed E-state index contributed by atoms with van der Waals surface area (Å²) in [6.07, 6.45) is 5.54. The molecule has 8 heteroatoms. The number of cyclic esters (lactones) is 2. The molecule has 2 aliphatic rings. The Hall–Kier alpha value is -2.77. The first-order chi connectivity index (χ1) is 10.4. The molecule has 0 saturated carbocycles. The number of ether oxygens (including phenoxy) is 1. The molecule has 1 aliphatic heterocycles. The molecule has 0 amide bonds. The molecule has 2 N–H and O–H groups in total. The third kappa shape index (κ3) is 3.27. The monoisotopic (exact) mass is 306 g/mol. The van der Waals surface area contributed by atoms with Crippen LogP contribution in [0.4, 0.5) is 0 Å². The van der Waals surface area contributed by atoms with Crippen LogP contribution >= 0.6 is 0 Å². The molecule has 2 heterocycles. The minimum atomic E-state index is -1.26. The lowest BCUT2D eigenvalue weighted by Crippen LogP contribution is -2.11. The van der Waals surface area contributed by atoms with E-state index in [0.717, 1.165) is 25.5 Å². The van der Waals surface area contributed by atoms with Gasteiger partial charge in [-0.25, -0.2) is 19.6 Å². The maximum atomic E-state index is 10.9. The van der Waals surface area contributed by atoms with Crippen molar-refractivity contribution < 1.29 is 29.3 Å². The third-order valence-electron chi connectivity index (χ3n) is 3.24. The molecule has 116 valence electrons. The number of nitrogens with zero attached hydrogens (tertiary/aromatic N) is 2. The molecule has 1 saturated heterocycles. The highest BCUT2D eigenvalue weighted by atomic mass is 16.6. The number of carbonyl (C=O) groups is 3. The quantitative estimate of drug-likeness (QED) is 0.580. The number of aromatic nitrogens is 2. The lowest BCUT2D eigenvalue weighted by molar-refractivity contribution is -0.152. The van der Waals surface area contributed by atoms with E-state index in [-0.39, 0.29) is 17.6 Å². The molecule has 0 bridgehead atoms. The van der Waals surface area contributed by atoms with Crippen LogP contribution in [0.1, 0.15) is 35.6 Å². The zero-order valence-corrected chi connectivity index (χ0v) is 11.8. The lowest BCUT2D eigenvalue weighted by Gasteiger charge is -2.09. The summed E-state index contributed by atoms with van der Waals surface area (Å²) < 4.78 is 4.46.